The molecule has 1 aromatic heterocycles. The van der Waals surface area contributed by atoms with Gasteiger partial charge < -0.3 is 24.6 Å². The Labute approximate surface area is 158 Å². The van der Waals surface area contributed by atoms with Crippen molar-refractivity contribution in [2.24, 2.45) is 5.92 Å². The van der Waals surface area contributed by atoms with Gasteiger partial charge in [0.1, 0.15) is 12.3 Å². The van der Waals surface area contributed by atoms with Crippen LogP contribution >= 0.6 is 0 Å². The van der Waals surface area contributed by atoms with Crippen molar-refractivity contribution >= 4 is 16.5 Å². The van der Waals surface area contributed by atoms with E-state index in [-0.39, 0.29) is 25.4 Å². The third kappa shape index (κ3) is 2.59. The highest BCUT2D eigenvalue weighted by atomic mass is 16.5. The summed E-state index contributed by atoms with van der Waals surface area (Å²) in [6, 6.07) is 6.66. The Kier molecular flexibility index (Phi) is 4.14. The number of hydrogen-bond donors (Lipinski definition) is 3. The second-order valence-electron chi connectivity index (χ2n) is 8.10. The lowest BCUT2D eigenvalue weighted by Gasteiger charge is -2.39. The van der Waals surface area contributed by atoms with Crippen molar-refractivity contribution < 1.29 is 20.1 Å². The number of aliphatic hydroxyl groups excluding tert-OH is 3. The van der Waals surface area contributed by atoms with Crippen LogP contribution in [0.5, 0.6) is 0 Å². The highest BCUT2D eigenvalue weighted by Crippen LogP contribution is 2.43. The molecule has 1 saturated heterocycles. The summed E-state index contributed by atoms with van der Waals surface area (Å²) in [5.74, 6) is 0.166. The molecule has 6 heteroatoms. The van der Waals surface area contributed by atoms with Crippen molar-refractivity contribution in [2.75, 3.05) is 26.8 Å². The number of hydrogen-bond acceptors (Lipinski definition) is 5. The largest absolute Gasteiger partial charge is 0.396 e. The summed E-state index contributed by atoms with van der Waals surface area (Å²) in [6.45, 7) is 0.866. The molecule has 3 aliphatic rings. The van der Waals surface area contributed by atoms with E-state index in [4.69, 9.17) is 4.74 Å². The second kappa shape index (κ2) is 6.43. The number of rotatable bonds is 3. The number of likely N-dealkylation sites (N-methyl/N-ethyl adjacent to an activating group) is 1. The highest BCUT2D eigenvalue weighted by Gasteiger charge is 2.38. The quantitative estimate of drug-likeness (QED) is 0.755. The predicted molar refractivity (Wildman–Crippen MR) is 102 cm³/mol. The van der Waals surface area contributed by atoms with Crippen LogP contribution in [-0.4, -0.2) is 69.8 Å². The Balaban J connectivity index is 1.62. The van der Waals surface area contributed by atoms with E-state index < -0.39 is 12.2 Å². The number of ether oxygens (including phenoxy) is 1. The molecule has 3 N–H and O–H groups in total. The van der Waals surface area contributed by atoms with Crippen LogP contribution in [0.15, 0.2) is 30.5 Å². The lowest BCUT2D eigenvalue weighted by Crippen LogP contribution is -2.43. The molecular formula is C21H26N2O4. The molecule has 1 aliphatic carbocycles. The Bertz CT molecular complexity index is 905. The summed E-state index contributed by atoms with van der Waals surface area (Å²) in [7, 11) is 2.13. The second-order valence-corrected chi connectivity index (χ2v) is 8.10. The van der Waals surface area contributed by atoms with Crippen LogP contribution in [-0.2, 0) is 11.2 Å². The average molecular weight is 370 g/mol. The monoisotopic (exact) mass is 370 g/mol. The van der Waals surface area contributed by atoms with E-state index in [1.807, 2.05) is 0 Å². The molecule has 5 rings (SSSR count). The van der Waals surface area contributed by atoms with Crippen LogP contribution in [0.25, 0.3) is 16.5 Å². The topological polar surface area (TPSA) is 78.1 Å². The Morgan fingerprint density at radius 1 is 1.22 bits per heavy atom. The van der Waals surface area contributed by atoms with E-state index in [0.717, 1.165) is 18.5 Å². The Morgan fingerprint density at radius 3 is 2.81 bits per heavy atom. The molecule has 144 valence electrons. The average Bonchev–Trinajstić information content (AvgIpc) is 3.23. The minimum Gasteiger partial charge on any atom is -0.396 e. The molecule has 0 bridgehead atoms. The van der Waals surface area contributed by atoms with Gasteiger partial charge in [0.05, 0.1) is 24.8 Å². The smallest absolute Gasteiger partial charge is 0.137 e. The zero-order chi connectivity index (χ0) is 18.7. The van der Waals surface area contributed by atoms with Gasteiger partial charge in [0.2, 0.25) is 0 Å². The Morgan fingerprint density at radius 2 is 2.07 bits per heavy atom. The molecule has 0 unspecified atom stereocenters. The first-order chi connectivity index (χ1) is 13.1. The lowest BCUT2D eigenvalue weighted by molar-refractivity contribution is -0.0429. The molecule has 0 spiro atoms. The zero-order valence-corrected chi connectivity index (χ0v) is 15.5. The van der Waals surface area contributed by atoms with Crippen LogP contribution in [0.4, 0.5) is 0 Å². The van der Waals surface area contributed by atoms with Gasteiger partial charge in [-0.25, -0.2) is 0 Å². The maximum atomic E-state index is 10.1. The van der Waals surface area contributed by atoms with Crippen LogP contribution < -0.4 is 0 Å². The van der Waals surface area contributed by atoms with Gasteiger partial charge in [-0.2, -0.15) is 0 Å². The fourth-order valence-corrected chi connectivity index (χ4v) is 5.08. The fraction of sp³-hybridized carbons (Fsp3) is 0.524. The summed E-state index contributed by atoms with van der Waals surface area (Å²) >= 11 is 0. The van der Waals surface area contributed by atoms with E-state index in [2.05, 4.69) is 47.0 Å². The van der Waals surface area contributed by atoms with Crippen molar-refractivity contribution in [3.8, 4) is 0 Å². The normalized spacial score (nSPS) is 33.3. The van der Waals surface area contributed by atoms with Gasteiger partial charge >= 0.3 is 0 Å². The molecule has 0 amide bonds. The number of aromatic nitrogens is 1. The minimum atomic E-state index is -0.643. The molecule has 6 nitrogen and oxygen atoms in total. The van der Waals surface area contributed by atoms with Crippen molar-refractivity contribution in [2.45, 2.75) is 37.3 Å². The fourth-order valence-electron chi connectivity index (χ4n) is 5.08. The van der Waals surface area contributed by atoms with E-state index >= 15 is 0 Å². The van der Waals surface area contributed by atoms with E-state index in [1.54, 1.807) is 0 Å². The Hall–Kier alpha value is -1.70. The van der Waals surface area contributed by atoms with Gasteiger partial charge in [-0.15, -0.1) is 0 Å². The van der Waals surface area contributed by atoms with E-state index in [9.17, 15) is 15.3 Å². The molecule has 2 aromatic rings. The summed E-state index contributed by atoms with van der Waals surface area (Å²) in [5, 5.41) is 30.5. The molecule has 2 aliphatic heterocycles. The lowest BCUT2D eigenvalue weighted by atomic mass is 9.80. The predicted octanol–water partition coefficient (Wildman–Crippen LogP) is 1.14. The summed E-state index contributed by atoms with van der Waals surface area (Å²) < 4.78 is 8.03. The zero-order valence-electron chi connectivity index (χ0n) is 15.5. The van der Waals surface area contributed by atoms with Crippen LogP contribution in [0.3, 0.4) is 0 Å². The first-order valence-electron chi connectivity index (χ1n) is 9.70. The minimum absolute atomic E-state index is 0.166. The van der Waals surface area contributed by atoms with Gasteiger partial charge in [-0.1, -0.05) is 18.2 Å². The first kappa shape index (κ1) is 17.4. The van der Waals surface area contributed by atoms with Crippen LogP contribution in [0, 0.1) is 5.92 Å². The van der Waals surface area contributed by atoms with E-state index in [1.165, 1.54) is 22.1 Å². The third-order valence-corrected chi connectivity index (χ3v) is 6.42. The van der Waals surface area contributed by atoms with Crippen molar-refractivity contribution in [1.29, 1.82) is 0 Å². The van der Waals surface area contributed by atoms with Gasteiger partial charge in [-0.05, 0) is 36.2 Å². The summed E-state index contributed by atoms with van der Waals surface area (Å²) in [4.78, 5) is 2.34. The number of nitrogens with zero attached hydrogens (tertiary/aromatic N) is 2. The summed E-state index contributed by atoms with van der Waals surface area (Å²) in [6.07, 6.45) is 4.39. The molecule has 27 heavy (non-hydrogen) atoms. The van der Waals surface area contributed by atoms with Crippen LogP contribution in [0.1, 0.15) is 23.8 Å². The molecule has 5 atom stereocenters. The van der Waals surface area contributed by atoms with Gasteiger partial charge in [0.15, 0.2) is 0 Å². The van der Waals surface area contributed by atoms with Crippen molar-refractivity contribution in [3.63, 3.8) is 0 Å². The van der Waals surface area contributed by atoms with Gasteiger partial charge in [-0.3, -0.25) is 4.90 Å². The number of fused-ring (bicyclic) bond motifs is 2. The summed E-state index contributed by atoms with van der Waals surface area (Å²) in [5.41, 5.74) is 4.94. The van der Waals surface area contributed by atoms with Gasteiger partial charge in [0.25, 0.3) is 0 Å². The molecular weight excluding hydrogens is 344 g/mol. The van der Waals surface area contributed by atoms with Crippen molar-refractivity contribution in [1.82, 2.24) is 9.47 Å². The standard InChI is InChI=1S/C21H26N2O4/c1-22-8-12(10-24)5-15-14-3-2-4-16-21(14)13(6-17(15)22)9-23(16)20-7-18(26)19(11-25)27-20/h2-5,9,12,17-20,24-26H,6-8,10-11H2,1H3/t12-,17-,18+,19-,20-/m1/s1. The third-order valence-electron chi connectivity index (χ3n) is 6.42. The molecule has 1 fully saturated rings. The SMILES string of the molecule is CN1C[C@H](CO)C=C2c3cccc4c3c(cn4[C@H]3C[C@H](O)[C@@H](CO)O3)C[C@H]21. The van der Waals surface area contributed by atoms with E-state index in [0.29, 0.717) is 12.5 Å². The molecule has 3 heterocycles. The van der Waals surface area contributed by atoms with Crippen molar-refractivity contribution in [3.05, 3.63) is 41.6 Å². The maximum absolute atomic E-state index is 10.1. The van der Waals surface area contributed by atoms with Crippen LogP contribution in [0.2, 0.25) is 0 Å². The maximum Gasteiger partial charge on any atom is 0.137 e. The first-order valence-corrected chi connectivity index (χ1v) is 9.70. The number of aliphatic hydroxyl groups is 3. The molecule has 0 radical (unpaired) electrons. The van der Waals surface area contributed by atoms with Gasteiger partial charge in [0, 0.05) is 36.5 Å². The molecule has 1 aromatic carbocycles. The number of benzene rings is 1. The highest BCUT2D eigenvalue weighted by molar-refractivity contribution is 5.98. The molecule has 0 saturated carbocycles.